The maximum atomic E-state index is 13.7. The number of thioether (sulfide) groups is 1. The number of carbonyl (C=O) groups excluding carboxylic acids is 1. The highest BCUT2D eigenvalue weighted by molar-refractivity contribution is 8.00. The first-order chi connectivity index (χ1) is 12.8. The number of carbonyl (C=O) groups is 1. The lowest BCUT2D eigenvalue weighted by Gasteiger charge is -2.14. The van der Waals surface area contributed by atoms with Gasteiger partial charge in [0.1, 0.15) is 18.0 Å². The molecular formula is C19H18F2N4OS. The maximum Gasteiger partial charge on any atom is 0.237 e. The van der Waals surface area contributed by atoms with Crippen molar-refractivity contribution in [1.29, 1.82) is 0 Å². The van der Waals surface area contributed by atoms with Crippen LogP contribution in [-0.4, -0.2) is 25.9 Å². The number of amides is 1. The van der Waals surface area contributed by atoms with Gasteiger partial charge < -0.3 is 5.32 Å². The Kier molecular flexibility index (Phi) is 5.55. The Morgan fingerprint density at radius 3 is 2.70 bits per heavy atom. The van der Waals surface area contributed by atoms with E-state index < -0.39 is 22.8 Å². The van der Waals surface area contributed by atoms with Crippen LogP contribution in [0.25, 0.3) is 5.69 Å². The third-order valence-corrected chi connectivity index (χ3v) is 5.02. The molecule has 1 aromatic heterocycles. The van der Waals surface area contributed by atoms with Crippen molar-refractivity contribution < 1.29 is 13.6 Å². The molecule has 0 saturated carbocycles. The molecule has 3 rings (SSSR count). The molecule has 0 unspecified atom stereocenters. The fraction of sp³-hybridized carbons (Fsp3) is 0.211. The maximum absolute atomic E-state index is 13.7. The number of anilines is 1. The lowest BCUT2D eigenvalue weighted by molar-refractivity contribution is -0.115. The Bertz CT molecular complexity index is 990. The van der Waals surface area contributed by atoms with Gasteiger partial charge in [0.05, 0.1) is 16.6 Å². The quantitative estimate of drug-likeness (QED) is 0.663. The topological polar surface area (TPSA) is 59.8 Å². The average molecular weight is 388 g/mol. The fourth-order valence-electron chi connectivity index (χ4n) is 2.58. The van der Waals surface area contributed by atoms with E-state index in [1.54, 1.807) is 17.8 Å². The van der Waals surface area contributed by atoms with Crippen LogP contribution in [0.1, 0.15) is 18.1 Å². The summed E-state index contributed by atoms with van der Waals surface area (Å²) in [7, 11) is 0. The lowest BCUT2D eigenvalue weighted by Crippen LogP contribution is -2.23. The molecule has 1 amide bonds. The zero-order chi connectivity index (χ0) is 19.6. The standard InChI is InChI=1S/C19H18F2N4OS/c1-11-4-7-17(12(2)8-11)25-10-22-24-19(25)27-13(3)18(26)23-16-9-14(20)5-6-15(16)21/h4-10,13H,1-3H3,(H,23,26)/t13-/m1/s1. The van der Waals surface area contributed by atoms with E-state index >= 15 is 0 Å². The lowest BCUT2D eigenvalue weighted by atomic mass is 10.1. The number of benzene rings is 2. The molecule has 2 aromatic carbocycles. The van der Waals surface area contributed by atoms with Gasteiger partial charge in [0.2, 0.25) is 5.91 Å². The Hall–Kier alpha value is -2.74. The molecule has 0 aliphatic heterocycles. The van der Waals surface area contributed by atoms with Gasteiger partial charge in [-0.1, -0.05) is 29.5 Å². The van der Waals surface area contributed by atoms with Crippen LogP contribution in [0.2, 0.25) is 0 Å². The van der Waals surface area contributed by atoms with Crippen molar-refractivity contribution in [1.82, 2.24) is 14.8 Å². The van der Waals surface area contributed by atoms with E-state index in [0.717, 1.165) is 35.0 Å². The number of nitrogens with one attached hydrogen (secondary N) is 1. The molecule has 1 atom stereocenters. The molecule has 0 bridgehead atoms. The smallest absolute Gasteiger partial charge is 0.237 e. The zero-order valence-corrected chi connectivity index (χ0v) is 15.8. The number of nitrogens with zero attached hydrogens (tertiary/aromatic N) is 3. The molecule has 0 spiro atoms. The van der Waals surface area contributed by atoms with Gasteiger partial charge in [0.25, 0.3) is 0 Å². The highest BCUT2D eigenvalue weighted by Crippen LogP contribution is 2.27. The minimum atomic E-state index is -0.694. The Morgan fingerprint density at radius 2 is 1.96 bits per heavy atom. The van der Waals surface area contributed by atoms with Gasteiger partial charge in [-0.05, 0) is 44.5 Å². The largest absolute Gasteiger partial charge is 0.323 e. The minimum absolute atomic E-state index is 0.191. The second-order valence-corrected chi connectivity index (χ2v) is 7.45. The van der Waals surface area contributed by atoms with Crippen LogP contribution in [0.5, 0.6) is 0 Å². The fourth-order valence-corrected chi connectivity index (χ4v) is 3.42. The first-order valence-electron chi connectivity index (χ1n) is 8.25. The van der Waals surface area contributed by atoms with Crippen molar-refractivity contribution in [3.8, 4) is 5.69 Å². The summed E-state index contributed by atoms with van der Waals surface area (Å²) in [6.07, 6.45) is 1.58. The second kappa shape index (κ2) is 7.87. The van der Waals surface area contributed by atoms with Crippen molar-refractivity contribution in [3.63, 3.8) is 0 Å². The predicted octanol–water partition coefficient (Wildman–Crippen LogP) is 4.28. The summed E-state index contributed by atoms with van der Waals surface area (Å²) in [4.78, 5) is 12.4. The summed E-state index contributed by atoms with van der Waals surface area (Å²) >= 11 is 1.18. The van der Waals surface area contributed by atoms with Crippen molar-refractivity contribution in [3.05, 3.63) is 65.5 Å². The Morgan fingerprint density at radius 1 is 1.19 bits per heavy atom. The van der Waals surface area contributed by atoms with Gasteiger partial charge in [-0.3, -0.25) is 9.36 Å². The van der Waals surface area contributed by atoms with E-state index in [9.17, 15) is 13.6 Å². The molecule has 0 saturated heterocycles. The van der Waals surface area contributed by atoms with Gasteiger partial charge in [0.15, 0.2) is 5.16 Å². The van der Waals surface area contributed by atoms with E-state index in [0.29, 0.717) is 5.16 Å². The predicted molar refractivity (Wildman–Crippen MR) is 101 cm³/mol. The second-order valence-electron chi connectivity index (χ2n) is 6.15. The average Bonchev–Trinajstić information content (AvgIpc) is 3.06. The first kappa shape index (κ1) is 19.0. The van der Waals surface area contributed by atoms with E-state index in [1.165, 1.54) is 11.8 Å². The highest BCUT2D eigenvalue weighted by atomic mass is 32.2. The number of rotatable bonds is 5. The Balaban J connectivity index is 1.77. The summed E-state index contributed by atoms with van der Waals surface area (Å²) in [6.45, 7) is 5.66. The molecule has 0 fully saturated rings. The van der Waals surface area contributed by atoms with E-state index in [1.807, 2.05) is 32.0 Å². The molecule has 1 N–H and O–H groups in total. The molecule has 1 heterocycles. The molecule has 5 nitrogen and oxygen atoms in total. The third kappa shape index (κ3) is 4.33. The van der Waals surface area contributed by atoms with Crippen LogP contribution in [0.4, 0.5) is 14.5 Å². The van der Waals surface area contributed by atoms with Gasteiger partial charge in [-0.25, -0.2) is 8.78 Å². The SMILES string of the molecule is Cc1ccc(-n2cnnc2S[C@H](C)C(=O)Nc2cc(F)ccc2F)c(C)c1. The normalized spacial score (nSPS) is 12.0. The van der Waals surface area contributed by atoms with E-state index in [-0.39, 0.29) is 5.69 Å². The zero-order valence-electron chi connectivity index (χ0n) is 15.0. The van der Waals surface area contributed by atoms with E-state index in [4.69, 9.17) is 0 Å². The molecule has 27 heavy (non-hydrogen) atoms. The van der Waals surface area contributed by atoms with Crippen molar-refractivity contribution >= 4 is 23.4 Å². The monoisotopic (exact) mass is 388 g/mol. The van der Waals surface area contributed by atoms with Gasteiger partial charge in [-0.2, -0.15) is 0 Å². The molecule has 0 radical (unpaired) electrons. The molecular weight excluding hydrogens is 370 g/mol. The van der Waals surface area contributed by atoms with Crippen molar-refractivity contribution in [2.75, 3.05) is 5.32 Å². The summed E-state index contributed by atoms with van der Waals surface area (Å²) in [5, 5.41) is 10.4. The highest BCUT2D eigenvalue weighted by Gasteiger charge is 2.20. The number of halogens is 2. The number of aromatic nitrogens is 3. The van der Waals surface area contributed by atoms with E-state index in [2.05, 4.69) is 15.5 Å². The first-order valence-corrected chi connectivity index (χ1v) is 9.13. The summed E-state index contributed by atoms with van der Waals surface area (Å²) in [5.41, 5.74) is 2.92. The van der Waals surface area contributed by atoms with Crippen LogP contribution < -0.4 is 5.32 Å². The van der Waals surface area contributed by atoms with Crippen molar-refractivity contribution in [2.24, 2.45) is 0 Å². The molecule has 3 aromatic rings. The molecule has 0 aliphatic carbocycles. The number of aryl methyl sites for hydroxylation is 2. The summed E-state index contributed by atoms with van der Waals surface area (Å²) in [5.74, 6) is -1.78. The van der Waals surface area contributed by atoms with Gasteiger partial charge >= 0.3 is 0 Å². The van der Waals surface area contributed by atoms with Crippen molar-refractivity contribution in [2.45, 2.75) is 31.2 Å². The van der Waals surface area contributed by atoms with Gasteiger partial charge in [-0.15, -0.1) is 10.2 Å². The third-order valence-electron chi connectivity index (χ3n) is 3.97. The van der Waals surface area contributed by atoms with Gasteiger partial charge in [0, 0.05) is 6.07 Å². The number of hydrogen-bond acceptors (Lipinski definition) is 4. The number of hydrogen-bond donors (Lipinski definition) is 1. The molecule has 0 aliphatic rings. The Labute approximate surface area is 159 Å². The molecule has 8 heteroatoms. The van der Waals surface area contributed by atoms with Crippen LogP contribution in [-0.2, 0) is 4.79 Å². The minimum Gasteiger partial charge on any atom is -0.323 e. The van der Waals surface area contributed by atoms with Crippen LogP contribution in [0, 0.1) is 25.5 Å². The summed E-state index contributed by atoms with van der Waals surface area (Å²) < 4.78 is 28.8. The molecule has 140 valence electrons. The van der Waals surface area contributed by atoms with Crippen LogP contribution >= 0.6 is 11.8 Å². The van der Waals surface area contributed by atoms with Crippen LogP contribution in [0.3, 0.4) is 0 Å². The van der Waals surface area contributed by atoms with Crippen LogP contribution in [0.15, 0.2) is 47.9 Å². The summed E-state index contributed by atoms with van der Waals surface area (Å²) in [6, 6.07) is 8.91.